The van der Waals surface area contributed by atoms with Gasteiger partial charge in [-0.3, -0.25) is 9.58 Å². The summed E-state index contributed by atoms with van der Waals surface area (Å²) in [5, 5.41) is 13.3. The highest BCUT2D eigenvalue weighted by atomic mass is 16.5. The van der Waals surface area contributed by atoms with E-state index in [4.69, 9.17) is 4.74 Å². The van der Waals surface area contributed by atoms with Gasteiger partial charge in [-0.05, 0) is 38.7 Å². The van der Waals surface area contributed by atoms with Crippen molar-refractivity contribution < 1.29 is 4.74 Å². The van der Waals surface area contributed by atoms with Crippen LogP contribution in [0.15, 0.2) is 6.07 Å². The molecule has 0 saturated heterocycles. The number of aryl methyl sites for hydroxylation is 2. The molecule has 0 N–H and O–H groups in total. The van der Waals surface area contributed by atoms with E-state index in [1.54, 1.807) is 0 Å². The molecule has 7 heteroatoms. The highest BCUT2D eigenvalue weighted by Gasteiger charge is 2.25. The fourth-order valence-electron chi connectivity index (χ4n) is 3.59. The molecule has 4 rings (SSSR count). The fraction of sp³-hybridized carbons (Fsp3) is 0.722. The van der Waals surface area contributed by atoms with E-state index in [0.717, 1.165) is 55.9 Å². The van der Waals surface area contributed by atoms with Crippen molar-refractivity contribution in [2.75, 3.05) is 13.2 Å². The van der Waals surface area contributed by atoms with E-state index in [9.17, 15) is 0 Å². The van der Waals surface area contributed by atoms with Crippen LogP contribution in [0.3, 0.4) is 0 Å². The monoisotopic (exact) mass is 344 g/mol. The van der Waals surface area contributed by atoms with Crippen LogP contribution >= 0.6 is 0 Å². The van der Waals surface area contributed by atoms with Crippen LogP contribution in [0, 0.1) is 12.8 Å². The van der Waals surface area contributed by atoms with E-state index >= 15 is 0 Å². The molecule has 25 heavy (non-hydrogen) atoms. The molecule has 1 aliphatic heterocycles. The van der Waals surface area contributed by atoms with Crippen LogP contribution < -0.4 is 0 Å². The number of rotatable bonds is 6. The molecular weight excluding hydrogens is 316 g/mol. The first-order chi connectivity index (χ1) is 12.1. The maximum atomic E-state index is 5.83. The fourth-order valence-corrected chi connectivity index (χ4v) is 3.59. The minimum Gasteiger partial charge on any atom is -0.373 e. The average molecular weight is 344 g/mol. The Labute approximate surface area is 149 Å². The Hall–Kier alpha value is -1.73. The Kier molecular flexibility index (Phi) is 4.60. The molecule has 0 spiro atoms. The van der Waals surface area contributed by atoms with E-state index in [1.807, 2.05) is 18.7 Å². The van der Waals surface area contributed by atoms with Crippen LogP contribution in [0.4, 0.5) is 0 Å². The van der Waals surface area contributed by atoms with Crippen LogP contribution in [0.1, 0.15) is 42.8 Å². The predicted molar refractivity (Wildman–Crippen MR) is 93.9 cm³/mol. The van der Waals surface area contributed by atoms with Gasteiger partial charge in [0.25, 0.3) is 0 Å². The summed E-state index contributed by atoms with van der Waals surface area (Å²) in [6.45, 7) is 8.60. The third-order valence-corrected chi connectivity index (χ3v) is 5.36. The molecule has 136 valence electrons. The van der Waals surface area contributed by atoms with Crippen molar-refractivity contribution in [3.05, 3.63) is 29.1 Å². The number of aromatic nitrogens is 5. The lowest BCUT2D eigenvalue weighted by atomic mass is 10.2. The van der Waals surface area contributed by atoms with Crippen molar-refractivity contribution in [1.29, 1.82) is 0 Å². The largest absolute Gasteiger partial charge is 0.373 e. The minimum atomic E-state index is 0.431. The summed E-state index contributed by atoms with van der Waals surface area (Å²) in [6.07, 6.45) is 3.56. The Bertz CT molecular complexity index is 732. The number of hydrogen-bond acceptors (Lipinski definition) is 5. The first kappa shape index (κ1) is 16.7. The molecule has 1 fully saturated rings. The normalized spacial score (nSPS) is 21.3. The standard InChI is InChI=1S/C18H28N6O/c1-13-8-16(22(3)21-13)10-23-6-7-24-17(9-14(23)2)19-20-18(24)12-25-11-15-4-5-15/h8,14-15H,4-7,9-12H2,1-3H3/t14-/m0/s1. The number of nitrogens with zero attached hydrogens (tertiary/aromatic N) is 6. The molecule has 3 heterocycles. The number of hydrogen-bond donors (Lipinski definition) is 0. The smallest absolute Gasteiger partial charge is 0.159 e. The molecular formula is C18H28N6O. The highest BCUT2D eigenvalue weighted by Crippen LogP contribution is 2.29. The van der Waals surface area contributed by atoms with Crippen LogP contribution in [-0.2, 0) is 37.9 Å². The molecule has 2 aromatic rings. The lowest BCUT2D eigenvalue weighted by molar-refractivity contribution is 0.103. The second-order valence-corrected chi connectivity index (χ2v) is 7.57. The highest BCUT2D eigenvalue weighted by molar-refractivity contribution is 5.09. The van der Waals surface area contributed by atoms with Gasteiger partial charge in [-0.1, -0.05) is 0 Å². The molecule has 2 aliphatic rings. The van der Waals surface area contributed by atoms with Crippen LogP contribution in [0.2, 0.25) is 0 Å². The first-order valence-electron chi connectivity index (χ1n) is 9.32. The van der Waals surface area contributed by atoms with Crippen molar-refractivity contribution in [3.8, 4) is 0 Å². The summed E-state index contributed by atoms with van der Waals surface area (Å²) in [4.78, 5) is 2.51. The second kappa shape index (κ2) is 6.88. The summed E-state index contributed by atoms with van der Waals surface area (Å²) in [7, 11) is 2.02. The summed E-state index contributed by atoms with van der Waals surface area (Å²) in [6, 6.07) is 2.61. The van der Waals surface area contributed by atoms with Crippen LogP contribution in [0.5, 0.6) is 0 Å². The van der Waals surface area contributed by atoms with E-state index in [-0.39, 0.29) is 0 Å². The molecule has 2 aromatic heterocycles. The zero-order valence-corrected chi connectivity index (χ0v) is 15.5. The predicted octanol–water partition coefficient (Wildman–Crippen LogP) is 1.69. The zero-order valence-electron chi connectivity index (χ0n) is 15.5. The maximum Gasteiger partial charge on any atom is 0.159 e. The summed E-state index contributed by atoms with van der Waals surface area (Å²) < 4.78 is 10.1. The summed E-state index contributed by atoms with van der Waals surface area (Å²) in [5.74, 6) is 2.84. The molecule has 1 aliphatic carbocycles. The van der Waals surface area contributed by atoms with E-state index in [2.05, 4.69) is 37.8 Å². The molecule has 0 bridgehead atoms. The van der Waals surface area contributed by atoms with Gasteiger partial charge in [-0.2, -0.15) is 5.10 Å². The Morgan fingerprint density at radius 1 is 1.24 bits per heavy atom. The van der Waals surface area contributed by atoms with Gasteiger partial charge in [-0.25, -0.2) is 0 Å². The van der Waals surface area contributed by atoms with Gasteiger partial charge in [-0.15, -0.1) is 10.2 Å². The quantitative estimate of drug-likeness (QED) is 0.798. The summed E-state index contributed by atoms with van der Waals surface area (Å²) >= 11 is 0. The van der Waals surface area contributed by atoms with Gasteiger partial charge in [0.2, 0.25) is 0 Å². The van der Waals surface area contributed by atoms with Gasteiger partial charge < -0.3 is 9.30 Å². The number of ether oxygens (including phenoxy) is 1. The lowest BCUT2D eigenvalue weighted by Crippen LogP contribution is -2.35. The van der Waals surface area contributed by atoms with Crippen molar-refractivity contribution in [3.63, 3.8) is 0 Å². The van der Waals surface area contributed by atoms with Crippen LogP contribution in [0.25, 0.3) is 0 Å². The second-order valence-electron chi connectivity index (χ2n) is 7.57. The first-order valence-corrected chi connectivity index (χ1v) is 9.32. The topological polar surface area (TPSA) is 61.0 Å². The SMILES string of the molecule is Cc1cc(CN2CCn3c(COCC4CC4)nnc3C[C@@H]2C)n(C)n1. The van der Waals surface area contributed by atoms with E-state index < -0.39 is 0 Å². The zero-order chi connectivity index (χ0) is 17.4. The maximum absolute atomic E-state index is 5.83. The van der Waals surface area contributed by atoms with E-state index in [0.29, 0.717) is 12.6 Å². The molecule has 0 aromatic carbocycles. The molecule has 1 saturated carbocycles. The van der Waals surface area contributed by atoms with Crippen molar-refractivity contribution >= 4 is 0 Å². The minimum absolute atomic E-state index is 0.431. The third kappa shape index (κ3) is 3.77. The van der Waals surface area contributed by atoms with Crippen molar-refractivity contribution in [1.82, 2.24) is 29.4 Å². The van der Waals surface area contributed by atoms with Crippen LogP contribution in [-0.4, -0.2) is 48.6 Å². The van der Waals surface area contributed by atoms with Gasteiger partial charge in [0.1, 0.15) is 12.4 Å². The Morgan fingerprint density at radius 3 is 2.80 bits per heavy atom. The van der Waals surface area contributed by atoms with Crippen molar-refractivity contribution in [2.24, 2.45) is 13.0 Å². The third-order valence-electron chi connectivity index (χ3n) is 5.36. The van der Waals surface area contributed by atoms with Gasteiger partial charge in [0, 0.05) is 45.8 Å². The van der Waals surface area contributed by atoms with Crippen molar-refractivity contribution in [2.45, 2.75) is 58.8 Å². The van der Waals surface area contributed by atoms with Gasteiger partial charge >= 0.3 is 0 Å². The molecule has 7 nitrogen and oxygen atoms in total. The summed E-state index contributed by atoms with van der Waals surface area (Å²) in [5.41, 5.74) is 2.34. The average Bonchev–Trinajstić information content (AvgIpc) is 3.27. The molecule has 0 radical (unpaired) electrons. The molecule has 0 amide bonds. The molecule has 1 atom stereocenters. The number of fused-ring (bicyclic) bond motifs is 1. The van der Waals surface area contributed by atoms with Gasteiger partial charge in [0.15, 0.2) is 5.82 Å². The Morgan fingerprint density at radius 2 is 2.08 bits per heavy atom. The van der Waals surface area contributed by atoms with Gasteiger partial charge in [0.05, 0.1) is 11.4 Å². The van der Waals surface area contributed by atoms with E-state index in [1.165, 1.54) is 18.5 Å². The lowest BCUT2D eigenvalue weighted by Gasteiger charge is -2.26. The molecule has 0 unspecified atom stereocenters. The Balaban J connectivity index is 1.41.